The van der Waals surface area contributed by atoms with E-state index in [4.69, 9.17) is 0 Å². The quantitative estimate of drug-likeness (QED) is 0.688. The molecule has 2 heteroatoms. The van der Waals surface area contributed by atoms with Crippen LogP contribution in [-0.4, -0.2) is 5.91 Å². The molecule has 4 rings (SSSR count). The molecular weight excluding hydrogens is 318 g/mol. The van der Waals surface area contributed by atoms with Gasteiger partial charge < -0.3 is 5.32 Å². The monoisotopic (exact) mass is 347 g/mol. The minimum absolute atomic E-state index is 0.169. The van der Waals surface area contributed by atoms with E-state index in [1.165, 1.54) is 42.4 Å². The van der Waals surface area contributed by atoms with Crippen LogP contribution in [-0.2, 0) is 4.79 Å². The number of amides is 1. The molecule has 2 aliphatic rings. The molecule has 0 spiro atoms. The maximum atomic E-state index is 12.4. The highest BCUT2D eigenvalue weighted by molar-refractivity contribution is 5.90. The van der Waals surface area contributed by atoms with Crippen molar-refractivity contribution in [1.82, 2.24) is 0 Å². The Labute approximate surface area is 157 Å². The summed E-state index contributed by atoms with van der Waals surface area (Å²) in [6, 6.07) is 17.4. The van der Waals surface area contributed by atoms with Gasteiger partial charge in [-0.3, -0.25) is 4.79 Å². The third-order valence-electron chi connectivity index (χ3n) is 6.11. The molecule has 2 fully saturated rings. The zero-order chi connectivity index (χ0) is 17.9. The lowest BCUT2D eigenvalue weighted by molar-refractivity contribution is -0.117. The van der Waals surface area contributed by atoms with Crippen molar-refractivity contribution in [1.29, 1.82) is 0 Å². The van der Waals surface area contributed by atoms with Crippen LogP contribution < -0.4 is 5.32 Å². The summed E-state index contributed by atoms with van der Waals surface area (Å²) in [6.45, 7) is 2.14. The van der Waals surface area contributed by atoms with Crippen LogP contribution in [0.3, 0.4) is 0 Å². The first-order valence-corrected chi connectivity index (χ1v) is 10.1. The molecule has 2 nitrogen and oxygen atoms in total. The first-order valence-electron chi connectivity index (χ1n) is 10.1. The molecule has 26 heavy (non-hydrogen) atoms. The van der Waals surface area contributed by atoms with Crippen molar-refractivity contribution in [3.63, 3.8) is 0 Å². The molecule has 2 aliphatic carbocycles. The van der Waals surface area contributed by atoms with Gasteiger partial charge in [-0.15, -0.1) is 0 Å². The van der Waals surface area contributed by atoms with Crippen LogP contribution >= 0.6 is 0 Å². The Hall–Kier alpha value is -2.09. The number of rotatable bonds is 5. The van der Waals surface area contributed by atoms with E-state index in [0.29, 0.717) is 18.3 Å². The second kappa shape index (κ2) is 7.65. The van der Waals surface area contributed by atoms with E-state index in [1.54, 1.807) is 0 Å². The van der Waals surface area contributed by atoms with Gasteiger partial charge in [0, 0.05) is 12.1 Å². The first kappa shape index (κ1) is 17.3. The van der Waals surface area contributed by atoms with Crippen molar-refractivity contribution < 1.29 is 4.79 Å². The Morgan fingerprint density at radius 1 is 0.808 bits per heavy atom. The Morgan fingerprint density at radius 2 is 1.31 bits per heavy atom. The molecule has 2 saturated carbocycles. The molecular formula is C24H29NO. The van der Waals surface area contributed by atoms with Crippen LogP contribution in [0.4, 0.5) is 5.69 Å². The van der Waals surface area contributed by atoms with Crippen molar-refractivity contribution in [2.45, 2.75) is 63.7 Å². The molecule has 0 unspecified atom stereocenters. The van der Waals surface area contributed by atoms with E-state index in [-0.39, 0.29) is 5.91 Å². The van der Waals surface area contributed by atoms with Crippen molar-refractivity contribution in [3.05, 3.63) is 65.2 Å². The first-order chi connectivity index (χ1) is 12.7. The van der Waals surface area contributed by atoms with Gasteiger partial charge in [-0.05, 0) is 86.5 Å². The molecule has 0 radical (unpaired) electrons. The number of benzene rings is 2. The fourth-order valence-corrected chi connectivity index (χ4v) is 4.27. The van der Waals surface area contributed by atoms with E-state index in [1.807, 2.05) is 0 Å². The van der Waals surface area contributed by atoms with E-state index in [2.05, 4.69) is 60.8 Å². The highest BCUT2D eigenvalue weighted by Crippen LogP contribution is 2.40. The Balaban J connectivity index is 1.24. The summed E-state index contributed by atoms with van der Waals surface area (Å²) in [5.74, 6) is 2.14. The van der Waals surface area contributed by atoms with Crippen molar-refractivity contribution in [2.75, 3.05) is 5.32 Å². The summed E-state index contributed by atoms with van der Waals surface area (Å²) in [4.78, 5) is 12.4. The second-order valence-electron chi connectivity index (χ2n) is 8.28. The summed E-state index contributed by atoms with van der Waals surface area (Å²) >= 11 is 0. The smallest absolute Gasteiger partial charge is 0.224 e. The summed E-state index contributed by atoms with van der Waals surface area (Å²) in [5.41, 5.74) is 5.14. The lowest BCUT2D eigenvalue weighted by Gasteiger charge is -2.28. The van der Waals surface area contributed by atoms with Crippen LogP contribution in [0.2, 0.25) is 0 Å². The molecule has 0 aromatic heterocycles. The lowest BCUT2D eigenvalue weighted by Crippen LogP contribution is -2.20. The molecule has 1 N–H and O–H groups in total. The zero-order valence-corrected chi connectivity index (χ0v) is 15.7. The molecule has 1 amide bonds. The average Bonchev–Trinajstić information content (AvgIpc) is 3.49. The normalized spacial score (nSPS) is 22.8. The molecule has 0 bridgehead atoms. The molecule has 136 valence electrons. The molecule has 0 atom stereocenters. The van der Waals surface area contributed by atoms with Crippen LogP contribution in [0.25, 0.3) is 0 Å². The van der Waals surface area contributed by atoms with Gasteiger partial charge in [-0.25, -0.2) is 0 Å². The SMILES string of the molecule is Cc1ccc(C2CCC(CC(=O)Nc3ccc(C4CC4)cc3)CC2)cc1. The number of aryl methyl sites for hydroxylation is 1. The molecule has 0 saturated heterocycles. The van der Waals surface area contributed by atoms with Gasteiger partial charge in [-0.1, -0.05) is 42.0 Å². The minimum Gasteiger partial charge on any atom is -0.326 e. The van der Waals surface area contributed by atoms with Gasteiger partial charge in [-0.2, -0.15) is 0 Å². The van der Waals surface area contributed by atoms with Crippen LogP contribution in [0, 0.1) is 12.8 Å². The fraction of sp³-hybridized carbons (Fsp3) is 0.458. The predicted octanol–water partition coefficient (Wildman–Crippen LogP) is 6.18. The number of hydrogen-bond acceptors (Lipinski definition) is 1. The molecule has 2 aromatic rings. The molecule has 2 aromatic carbocycles. The largest absolute Gasteiger partial charge is 0.326 e. The van der Waals surface area contributed by atoms with Gasteiger partial charge in [0.1, 0.15) is 0 Å². The summed E-state index contributed by atoms with van der Waals surface area (Å²) in [5, 5.41) is 3.09. The van der Waals surface area contributed by atoms with Crippen LogP contribution in [0.5, 0.6) is 0 Å². The summed E-state index contributed by atoms with van der Waals surface area (Å²) < 4.78 is 0. The Kier molecular flexibility index (Phi) is 5.10. The molecule has 0 heterocycles. The van der Waals surface area contributed by atoms with Crippen LogP contribution in [0.1, 0.15) is 73.5 Å². The maximum Gasteiger partial charge on any atom is 0.224 e. The number of hydrogen-bond donors (Lipinski definition) is 1. The Morgan fingerprint density at radius 3 is 1.85 bits per heavy atom. The van der Waals surface area contributed by atoms with Crippen LogP contribution in [0.15, 0.2) is 48.5 Å². The van der Waals surface area contributed by atoms with Gasteiger partial charge in [0.25, 0.3) is 0 Å². The second-order valence-corrected chi connectivity index (χ2v) is 8.28. The average molecular weight is 348 g/mol. The third-order valence-corrected chi connectivity index (χ3v) is 6.11. The predicted molar refractivity (Wildman–Crippen MR) is 108 cm³/mol. The minimum atomic E-state index is 0.169. The topological polar surface area (TPSA) is 29.1 Å². The summed E-state index contributed by atoms with van der Waals surface area (Å²) in [6.07, 6.45) is 8.02. The molecule has 0 aliphatic heterocycles. The van der Waals surface area contributed by atoms with Crippen molar-refractivity contribution >= 4 is 11.6 Å². The third kappa shape index (κ3) is 4.35. The van der Waals surface area contributed by atoms with E-state index in [0.717, 1.165) is 24.4 Å². The standard InChI is InChI=1S/C24H29NO/c1-17-2-6-19(7-3-17)20-8-4-18(5-9-20)16-24(26)25-23-14-12-22(13-15-23)21-10-11-21/h2-3,6-7,12-15,18,20-21H,4-5,8-11,16H2,1H3,(H,25,26). The number of anilines is 1. The zero-order valence-electron chi connectivity index (χ0n) is 15.7. The summed E-state index contributed by atoms with van der Waals surface area (Å²) in [7, 11) is 0. The lowest BCUT2D eigenvalue weighted by atomic mass is 9.77. The number of nitrogens with one attached hydrogen (secondary N) is 1. The van der Waals surface area contributed by atoms with E-state index >= 15 is 0 Å². The number of carbonyl (C=O) groups is 1. The van der Waals surface area contributed by atoms with Gasteiger partial charge in [0.2, 0.25) is 5.91 Å². The highest BCUT2D eigenvalue weighted by atomic mass is 16.1. The highest BCUT2D eigenvalue weighted by Gasteiger charge is 2.25. The Bertz CT molecular complexity index is 735. The van der Waals surface area contributed by atoms with Gasteiger partial charge in [0.05, 0.1) is 0 Å². The van der Waals surface area contributed by atoms with Gasteiger partial charge >= 0.3 is 0 Å². The van der Waals surface area contributed by atoms with Crippen molar-refractivity contribution in [2.24, 2.45) is 5.92 Å². The maximum absolute atomic E-state index is 12.4. The number of carbonyl (C=O) groups excluding carboxylic acids is 1. The van der Waals surface area contributed by atoms with Crippen molar-refractivity contribution in [3.8, 4) is 0 Å². The fourth-order valence-electron chi connectivity index (χ4n) is 4.27. The van der Waals surface area contributed by atoms with E-state index < -0.39 is 0 Å². The van der Waals surface area contributed by atoms with Gasteiger partial charge in [0.15, 0.2) is 0 Å². The van der Waals surface area contributed by atoms with E-state index in [9.17, 15) is 4.79 Å².